The Labute approximate surface area is 671 Å². The van der Waals surface area contributed by atoms with Gasteiger partial charge in [-0.2, -0.15) is 26.3 Å². The predicted molar refractivity (Wildman–Crippen MR) is 414 cm³/mol. The van der Waals surface area contributed by atoms with Crippen molar-refractivity contribution in [3.05, 3.63) is 242 Å². The number of carbonyl (C=O) groups is 4. The maximum atomic E-state index is 14.6. The van der Waals surface area contributed by atoms with Gasteiger partial charge in [0.1, 0.15) is 68.7 Å². The second-order valence-corrected chi connectivity index (χ2v) is 35.6. The highest BCUT2D eigenvalue weighted by atomic mass is 35.5. The zero-order chi connectivity index (χ0) is 87.8. The molecular formula is C71H69ClF11N19O12S4. The van der Waals surface area contributed by atoms with Crippen LogP contribution in [0.1, 0.15) is 103 Å². The number of hydrogen-bond acceptors (Lipinski definition) is 23. The summed E-state index contributed by atoms with van der Waals surface area (Å²) in [6, 6.07) is 24.6. The highest BCUT2D eigenvalue weighted by molar-refractivity contribution is 7.90. The van der Waals surface area contributed by atoms with Gasteiger partial charge in [-0.3, -0.25) is 19.2 Å². The molecule has 12 N–H and O–H groups in total. The SMILES string of the molecule is CN1C(N)=N[C@](C)(c2cc(C(=O)Nc3ccc(C(F)(F)F)cc3)ccc2F)CS1(=O)=O.CN1C(N)=N[C@](C)(c2cc(C(=O)Nc3ccc(C(F)(F)F)cn3)ccc2F)CS1(=O)=O.CN1C(N)=N[C@](C)(c2cc(C(=O)Nc3ccc(Cl)cn3)ccc2F)CS1(=O)=O.CN1C(N)=N[C@](C)(c2cc(C(=O)Nc3ccc(F)cn3)ccc2F)CS1(=O)=O. The normalized spacial score (nSPS) is 21.0. The van der Waals surface area contributed by atoms with E-state index in [1.54, 1.807) is 6.07 Å². The van der Waals surface area contributed by atoms with Crippen LogP contribution in [0.2, 0.25) is 5.02 Å². The first-order valence-electron chi connectivity index (χ1n) is 33.7. The Morgan fingerprint density at radius 3 is 0.881 bits per heavy atom. The molecule has 118 heavy (non-hydrogen) atoms. The van der Waals surface area contributed by atoms with Crippen LogP contribution in [-0.4, -0.2) is 165 Å². The number of aliphatic imine (C=N–C) groups is 4. The van der Waals surface area contributed by atoms with Crippen molar-refractivity contribution >= 4 is 122 Å². The van der Waals surface area contributed by atoms with Crippen LogP contribution < -0.4 is 44.2 Å². The number of carbonyl (C=O) groups excluding carboxylic acids is 4. The lowest BCUT2D eigenvalue weighted by molar-refractivity contribution is -0.138. The number of alkyl halides is 6. The van der Waals surface area contributed by atoms with Gasteiger partial charge in [0.05, 0.1) is 45.4 Å². The van der Waals surface area contributed by atoms with Crippen molar-refractivity contribution in [1.29, 1.82) is 0 Å². The van der Waals surface area contributed by atoms with Gasteiger partial charge in [-0.1, -0.05) is 11.6 Å². The highest BCUT2D eigenvalue weighted by Crippen LogP contribution is 2.40. The van der Waals surface area contributed by atoms with Gasteiger partial charge in [-0.05, 0) is 161 Å². The summed E-state index contributed by atoms with van der Waals surface area (Å²) in [5.41, 5.74) is 14.4. The second-order valence-electron chi connectivity index (χ2n) is 27.2. The fraction of sp³-hybridized carbons (Fsp3) is 0.254. The summed E-state index contributed by atoms with van der Waals surface area (Å²) in [7, 11) is -10.4. The molecule has 0 aliphatic carbocycles. The number of guanidine groups is 4. The summed E-state index contributed by atoms with van der Waals surface area (Å²) in [6.07, 6.45) is -6.22. The lowest BCUT2D eigenvalue weighted by atomic mass is 9.92. The molecule has 0 unspecified atom stereocenters. The summed E-state index contributed by atoms with van der Waals surface area (Å²) in [5, 5.41) is 10.1. The number of aromatic nitrogens is 3. The average Bonchev–Trinajstić information content (AvgIpc) is 0.768. The van der Waals surface area contributed by atoms with Crippen molar-refractivity contribution in [2.45, 2.75) is 62.2 Å². The zero-order valence-electron chi connectivity index (χ0n) is 62.6. The van der Waals surface area contributed by atoms with Crippen LogP contribution in [0.25, 0.3) is 0 Å². The van der Waals surface area contributed by atoms with E-state index in [1.165, 1.54) is 98.5 Å². The van der Waals surface area contributed by atoms with Gasteiger partial charge in [-0.25, -0.2) is 108 Å². The number of anilines is 4. The Morgan fingerprint density at radius 2 is 0.636 bits per heavy atom. The van der Waals surface area contributed by atoms with Crippen molar-refractivity contribution in [3.63, 3.8) is 0 Å². The minimum absolute atomic E-state index is 0.0392. The summed E-state index contributed by atoms with van der Waals surface area (Å²) >= 11 is 5.76. The Hall–Kier alpha value is -12.2. The zero-order valence-corrected chi connectivity index (χ0v) is 66.6. The number of nitrogens with zero attached hydrogens (tertiary/aromatic N) is 11. The average molecular weight is 1750 g/mol. The molecule has 0 saturated carbocycles. The number of nitrogens with one attached hydrogen (secondary N) is 4. The standard InChI is InChI=1S/C19H18F4N4O3S.C18H17F4N5O3S.C17H17ClFN5O3S.C17H17F2N5O3S/c1-18(10-31(29,30)27(2)17(24)26-18)14-9-11(3-8-15(14)20)16(28)25-13-6-4-12(5-7-13)19(21,22)23;1-17(9-31(29,30)27(2)16(23)26-17)12-7-10(3-5-13(12)19)15(28)25-14-6-4-11(8-24-14)18(20,21)22;2*1-17(9-28(26,27)24(2)16(20)23-17)12-7-10(3-5-13(12)19)15(25)22-14-6-4-11(18)8-21-14/h3-9H,10H2,1-2H3,(H2,24,26)(H,25,28);3-8H,9H2,1-2H3,(H2,23,26)(H,24,25,28);2*3-8H,9H2,1-2H3,(H2,20,23)(H,21,22,25)/t18-;3*17-/m0000/s1. The predicted octanol–water partition coefficient (Wildman–Crippen LogP) is 8.55. The third-order valence-corrected chi connectivity index (χ3v) is 26.3. The molecule has 4 aliphatic rings. The minimum atomic E-state index is -4.58. The van der Waals surface area contributed by atoms with Crippen molar-refractivity contribution in [2.24, 2.45) is 42.9 Å². The van der Waals surface area contributed by atoms with E-state index in [9.17, 15) is 101 Å². The molecule has 8 aromatic rings. The minimum Gasteiger partial charge on any atom is -0.369 e. The van der Waals surface area contributed by atoms with Gasteiger partial charge < -0.3 is 44.2 Å². The first-order chi connectivity index (χ1) is 54.5. The third-order valence-electron chi connectivity index (χ3n) is 18.2. The number of halogens is 12. The monoisotopic (exact) mass is 1750 g/mol. The molecule has 0 spiro atoms. The quantitative estimate of drug-likeness (QED) is 0.0531. The number of amides is 4. The van der Waals surface area contributed by atoms with Gasteiger partial charge in [0, 0.05) is 90.8 Å². The van der Waals surface area contributed by atoms with Crippen LogP contribution >= 0.6 is 11.6 Å². The van der Waals surface area contributed by atoms with Gasteiger partial charge in [0.25, 0.3) is 23.6 Å². The van der Waals surface area contributed by atoms with E-state index < -0.39 is 161 Å². The number of pyridine rings is 3. The Kier molecular flexibility index (Phi) is 25.4. The topological polar surface area (TPSA) is 458 Å². The summed E-state index contributed by atoms with van der Waals surface area (Å²) in [5.74, 6) is -9.41. The van der Waals surface area contributed by atoms with Crippen LogP contribution in [0.4, 0.5) is 71.4 Å². The summed E-state index contributed by atoms with van der Waals surface area (Å²) < 4.78 is 249. The van der Waals surface area contributed by atoms with E-state index in [4.69, 9.17) is 34.5 Å². The van der Waals surface area contributed by atoms with Crippen LogP contribution in [0.3, 0.4) is 0 Å². The fourth-order valence-corrected chi connectivity index (χ4v) is 17.6. The van der Waals surface area contributed by atoms with E-state index >= 15 is 0 Å². The lowest BCUT2D eigenvalue weighted by Gasteiger charge is -2.34. The second kappa shape index (κ2) is 33.4. The molecule has 0 bridgehead atoms. The van der Waals surface area contributed by atoms with Crippen LogP contribution in [0, 0.1) is 29.1 Å². The Balaban J connectivity index is 0.000000180. The third kappa shape index (κ3) is 20.4. The van der Waals surface area contributed by atoms with Gasteiger partial charge >= 0.3 is 12.4 Å². The van der Waals surface area contributed by atoms with Gasteiger partial charge in [0.2, 0.25) is 63.9 Å². The Morgan fingerprint density at radius 1 is 0.373 bits per heavy atom. The molecule has 5 aromatic carbocycles. The molecule has 0 radical (unpaired) electrons. The lowest BCUT2D eigenvalue weighted by Crippen LogP contribution is -2.50. The maximum absolute atomic E-state index is 14.6. The van der Waals surface area contributed by atoms with Gasteiger partial charge in [-0.15, -0.1) is 0 Å². The Bertz CT molecular complexity index is 5550. The number of rotatable bonds is 12. The van der Waals surface area contributed by atoms with Crippen molar-refractivity contribution in [1.82, 2.24) is 32.2 Å². The highest BCUT2D eigenvalue weighted by Gasteiger charge is 2.47. The molecule has 3 aromatic heterocycles. The molecule has 31 nitrogen and oxygen atoms in total. The number of nitrogens with two attached hydrogens (primary N) is 4. The fourth-order valence-electron chi connectivity index (χ4n) is 11.7. The number of sulfonamides is 4. The largest absolute Gasteiger partial charge is 0.417 e. The molecule has 7 heterocycles. The first kappa shape index (κ1) is 89.8. The van der Waals surface area contributed by atoms with Crippen LogP contribution in [0.5, 0.6) is 0 Å². The van der Waals surface area contributed by atoms with E-state index in [2.05, 4.69) is 56.2 Å². The maximum Gasteiger partial charge on any atom is 0.417 e. The number of benzene rings is 5. The van der Waals surface area contributed by atoms with E-state index in [0.717, 1.165) is 114 Å². The molecule has 4 atom stereocenters. The smallest absolute Gasteiger partial charge is 0.369 e. The first-order valence-corrected chi connectivity index (χ1v) is 40.5. The van der Waals surface area contributed by atoms with Crippen molar-refractivity contribution in [2.75, 3.05) is 72.5 Å². The molecule has 628 valence electrons. The molecule has 4 aliphatic heterocycles. The summed E-state index contributed by atoms with van der Waals surface area (Å²) in [6.45, 7) is 5.61. The molecule has 47 heteroatoms. The molecule has 4 amide bonds. The molecular weight excluding hydrogens is 1680 g/mol. The van der Waals surface area contributed by atoms with Crippen LogP contribution in [0.15, 0.2) is 172 Å². The van der Waals surface area contributed by atoms with Crippen molar-refractivity contribution in [3.8, 4) is 0 Å². The van der Waals surface area contributed by atoms with Crippen molar-refractivity contribution < 1.29 is 101 Å². The molecule has 12 rings (SSSR count). The number of hydrogen-bond donors (Lipinski definition) is 8. The van der Waals surface area contributed by atoms with E-state index in [1.807, 2.05) is 0 Å². The molecule has 0 saturated heterocycles. The molecule has 0 fully saturated rings. The van der Waals surface area contributed by atoms with E-state index in [-0.39, 0.29) is 91.5 Å². The van der Waals surface area contributed by atoms with Crippen LogP contribution in [-0.2, 0) is 74.6 Å². The summed E-state index contributed by atoms with van der Waals surface area (Å²) in [4.78, 5) is 77.7. The van der Waals surface area contributed by atoms with Gasteiger partial charge in [0.15, 0.2) is 0 Å². The van der Waals surface area contributed by atoms with E-state index in [0.29, 0.717) is 11.2 Å².